The molecule has 0 aromatic heterocycles. The average Bonchev–Trinajstić information content (AvgIpc) is 2.96. The Kier molecular flexibility index (Phi) is 3.20. The van der Waals surface area contributed by atoms with E-state index in [4.69, 9.17) is 23.2 Å². The summed E-state index contributed by atoms with van der Waals surface area (Å²) in [6, 6.07) is 14.5. The van der Waals surface area contributed by atoms with E-state index in [0.29, 0.717) is 11.8 Å². The SMILES string of the molecule is Clc1cccc(C2Nc3c(Cl)cccc3C3C=CCC32)c1. The summed E-state index contributed by atoms with van der Waals surface area (Å²) < 4.78 is 0. The molecule has 4 rings (SSSR count). The second-order valence-corrected chi connectivity index (χ2v) is 6.58. The van der Waals surface area contributed by atoms with Crippen LogP contribution in [0.25, 0.3) is 0 Å². The molecule has 0 saturated carbocycles. The first-order valence-electron chi connectivity index (χ1n) is 7.21. The van der Waals surface area contributed by atoms with Crippen molar-refractivity contribution >= 4 is 28.9 Å². The minimum atomic E-state index is 0.246. The van der Waals surface area contributed by atoms with E-state index in [1.54, 1.807) is 0 Å². The Bertz CT molecular complexity index is 723. The molecule has 1 aliphatic carbocycles. The summed E-state index contributed by atoms with van der Waals surface area (Å²) in [5.74, 6) is 0.957. The van der Waals surface area contributed by atoms with E-state index in [1.807, 2.05) is 24.3 Å². The molecule has 3 atom stereocenters. The molecule has 21 heavy (non-hydrogen) atoms. The van der Waals surface area contributed by atoms with Crippen LogP contribution in [0.5, 0.6) is 0 Å². The van der Waals surface area contributed by atoms with Crippen molar-refractivity contribution in [3.05, 3.63) is 75.8 Å². The monoisotopic (exact) mass is 315 g/mol. The van der Waals surface area contributed by atoms with Crippen molar-refractivity contribution in [2.75, 3.05) is 5.32 Å². The highest BCUT2D eigenvalue weighted by Crippen LogP contribution is 2.51. The molecule has 0 amide bonds. The predicted octanol–water partition coefficient (Wildman–Crippen LogP) is 5.82. The fourth-order valence-electron chi connectivity index (χ4n) is 3.61. The third kappa shape index (κ3) is 2.16. The third-order valence-corrected chi connectivity index (χ3v) is 5.10. The first-order chi connectivity index (χ1) is 10.2. The molecule has 3 unspecified atom stereocenters. The van der Waals surface area contributed by atoms with Gasteiger partial charge in [-0.25, -0.2) is 0 Å². The van der Waals surface area contributed by atoms with E-state index in [9.17, 15) is 0 Å². The first kappa shape index (κ1) is 13.2. The number of allylic oxidation sites excluding steroid dienone is 2. The van der Waals surface area contributed by atoms with Crippen LogP contribution < -0.4 is 5.32 Å². The number of anilines is 1. The van der Waals surface area contributed by atoms with Crippen molar-refractivity contribution in [1.29, 1.82) is 0 Å². The summed E-state index contributed by atoms with van der Waals surface area (Å²) >= 11 is 12.6. The molecule has 2 aliphatic rings. The van der Waals surface area contributed by atoms with Gasteiger partial charge in [-0.05, 0) is 41.7 Å². The van der Waals surface area contributed by atoms with E-state index in [1.165, 1.54) is 11.1 Å². The smallest absolute Gasteiger partial charge is 0.0640 e. The molecule has 1 aliphatic heterocycles. The number of para-hydroxylation sites is 1. The molecule has 1 nitrogen and oxygen atoms in total. The lowest BCUT2D eigenvalue weighted by molar-refractivity contribution is 0.425. The molecule has 106 valence electrons. The van der Waals surface area contributed by atoms with Crippen molar-refractivity contribution in [3.63, 3.8) is 0 Å². The zero-order valence-corrected chi connectivity index (χ0v) is 12.9. The van der Waals surface area contributed by atoms with E-state index >= 15 is 0 Å². The maximum Gasteiger partial charge on any atom is 0.0640 e. The predicted molar refractivity (Wildman–Crippen MR) is 89.3 cm³/mol. The molecule has 1 N–H and O–H groups in total. The number of nitrogens with one attached hydrogen (secondary N) is 1. The Morgan fingerprint density at radius 1 is 1.05 bits per heavy atom. The molecule has 0 saturated heterocycles. The fourth-order valence-corrected chi connectivity index (χ4v) is 4.05. The maximum absolute atomic E-state index is 6.40. The molecular weight excluding hydrogens is 301 g/mol. The second-order valence-electron chi connectivity index (χ2n) is 5.73. The molecular formula is C18H15Cl2N. The number of hydrogen-bond donors (Lipinski definition) is 1. The Labute approximate surface area is 134 Å². The maximum atomic E-state index is 6.40. The van der Waals surface area contributed by atoms with Gasteiger partial charge >= 0.3 is 0 Å². The number of rotatable bonds is 1. The van der Waals surface area contributed by atoms with Crippen LogP contribution in [0.2, 0.25) is 10.0 Å². The van der Waals surface area contributed by atoms with Crippen molar-refractivity contribution in [2.24, 2.45) is 5.92 Å². The zero-order chi connectivity index (χ0) is 14.4. The van der Waals surface area contributed by atoms with E-state index in [2.05, 4.69) is 35.7 Å². The summed E-state index contributed by atoms with van der Waals surface area (Å²) in [4.78, 5) is 0. The van der Waals surface area contributed by atoms with Crippen LogP contribution in [0.15, 0.2) is 54.6 Å². The largest absolute Gasteiger partial charge is 0.376 e. The lowest BCUT2D eigenvalue weighted by atomic mass is 9.77. The van der Waals surface area contributed by atoms with Gasteiger partial charge in [0.25, 0.3) is 0 Å². The second kappa shape index (κ2) is 5.08. The average molecular weight is 316 g/mol. The lowest BCUT2D eigenvalue weighted by Gasteiger charge is -2.38. The quantitative estimate of drug-likeness (QED) is 0.654. The Morgan fingerprint density at radius 3 is 2.76 bits per heavy atom. The fraction of sp³-hybridized carbons (Fsp3) is 0.222. The van der Waals surface area contributed by atoms with E-state index in [-0.39, 0.29) is 6.04 Å². The molecule has 0 spiro atoms. The number of benzene rings is 2. The topological polar surface area (TPSA) is 12.0 Å². The van der Waals surface area contributed by atoms with Crippen molar-refractivity contribution in [3.8, 4) is 0 Å². The summed E-state index contributed by atoms with van der Waals surface area (Å²) in [6.45, 7) is 0. The van der Waals surface area contributed by atoms with Crippen LogP contribution in [0.4, 0.5) is 5.69 Å². The zero-order valence-electron chi connectivity index (χ0n) is 11.4. The van der Waals surface area contributed by atoms with Crippen molar-refractivity contribution in [2.45, 2.75) is 18.4 Å². The summed E-state index contributed by atoms with van der Waals surface area (Å²) in [7, 11) is 0. The highest BCUT2D eigenvalue weighted by atomic mass is 35.5. The standard InChI is InChI=1S/C18H15Cl2N/c19-12-5-1-4-11(10-12)17-14-7-2-6-13(14)15-8-3-9-16(20)18(15)21-17/h1-6,8-10,13-14,17,21H,7H2. The van der Waals surface area contributed by atoms with Crippen LogP contribution in [0.1, 0.15) is 29.5 Å². The van der Waals surface area contributed by atoms with Crippen LogP contribution >= 0.6 is 23.2 Å². The summed E-state index contributed by atoms with van der Waals surface area (Å²) in [6.07, 6.45) is 5.68. The first-order valence-corrected chi connectivity index (χ1v) is 7.97. The number of hydrogen-bond acceptors (Lipinski definition) is 1. The van der Waals surface area contributed by atoms with E-state index in [0.717, 1.165) is 22.2 Å². The van der Waals surface area contributed by atoms with Gasteiger partial charge in [0, 0.05) is 10.9 Å². The Balaban J connectivity index is 1.83. The minimum absolute atomic E-state index is 0.246. The van der Waals surface area contributed by atoms with Crippen molar-refractivity contribution < 1.29 is 0 Å². The number of halogens is 2. The summed E-state index contributed by atoms with van der Waals surface area (Å²) in [5, 5.41) is 5.22. The normalized spacial score (nSPS) is 26.1. The minimum Gasteiger partial charge on any atom is -0.376 e. The van der Waals surface area contributed by atoms with Gasteiger partial charge in [-0.3, -0.25) is 0 Å². The highest BCUT2D eigenvalue weighted by Gasteiger charge is 2.38. The highest BCUT2D eigenvalue weighted by molar-refractivity contribution is 6.33. The molecule has 2 aromatic rings. The third-order valence-electron chi connectivity index (χ3n) is 4.55. The van der Waals surface area contributed by atoms with Gasteiger partial charge in [-0.1, -0.05) is 59.6 Å². The Morgan fingerprint density at radius 2 is 1.90 bits per heavy atom. The van der Waals surface area contributed by atoms with Crippen LogP contribution in [-0.4, -0.2) is 0 Å². The molecule has 0 radical (unpaired) electrons. The molecule has 0 fully saturated rings. The van der Waals surface area contributed by atoms with E-state index < -0.39 is 0 Å². The molecule has 3 heteroatoms. The van der Waals surface area contributed by atoms with Gasteiger partial charge in [0.05, 0.1) is 16.8 Å². The van der Waals surface area contributed by atoms with Gasteiger partial charge in [-0.2, -0.15) is 0 Å². The lowest BCUT2D eigenvalue weighted by Crippen LogP contribution is -2.29. The van der Waals surface area contributed by atoms with Crippen LogP contribution in [0, 0.1) is 5.92 Å². The molecule has 1 heterocycles. The molecule has 0 bridgehead atoms. The van der Waals surface area contributed by atoms with Gasteiger partial charge in [0.2, 0.25) is 0 Å². The van der Waals surface area contributed by atoms with Gasteiger partial charge in [0.1, 0.15) is 0 Å². The van der Waals surface area contributed by atoms with Crippen molar-refractivity contribution in [1.82, 2.24) is 0 Å². The van der Waals surface area contributed by atoms with Crippen LogP contribution in [-0.2, 0) is 0 Å². The van der Waals surface area contributed by atoms with Gasteiger partial charge in [0.15, 0.2) is 0 Å². The van der Waals surface area contributed by atoms with Gasteiger partial charge < -0.3 is 5.32 Å². The van der Waals surface area contributed by atoms with Gasteiger partial charge in [-0.15, -0.1) is 0 Å². The van der Waals surface area contributed by atoms with Crippen LogP contribution in [0.3, 0.4) is 0 Å². The summed E-state index contributed by atoms with van der Waals surface area (Å²) in [5.41, 5.74) is 3.60. The molecule has 2 aromatic carbocycles. The number of fused-ring (bicyclic) bond motifs is 3. The Hall–Kier alpha value is -1.44.